The van der Waals surface area contributed by atoms with E-state index in [0.717, 1.165) is 61.7 Å². The summed E-state index contributed by atoms with van der Waals surface area (Å²) in [5.41, 5.74) is 5.52. The molecule has 59 heavy (non-hydrogen) atoms. The Hall–Kier alpha value is -4.68. The van der Waals surface area contributed by atoms with Gasteiger partial charge in [0.2, 0.25) is 0 Å². The fraction of sp³-hybridized carbons (Fsp3) is 0.488. The van der Waals surface area contributed by atoms with Crippen LogP contribution >= 0.6 is 34.3 Å². The Morgan fingerprint density at radius 3 is 1.90 bits per heavy atom. The molecule has 0 unspecified atom stereocenters. The maximum Gasteiger partial charge on any atom is 0.320 e. The molecule has 5 aromatic rings. The van der Waals surface area contributed by atoms with Crippen molar-refractivity contribution in [1.29, 1.82) is 0 Å². The molecule has 10 rings (SSSR count). The fourth-order valence-corrected chi connectivity index (χ4v) is 11.6. The van der Waals surface area contributed by atoms with Gasteiger partial charge in [0.25, 0.3) is 0 Å². The van der Waals surface area contributed by atoms with E-state index >= 15 is 0 Å². The number of aliphatic imine (C=N–C) groups is 1. The second-order valence-corrected chi connectivity index (χ2v) is 18.3. The van der Waals surface area contributed by atoms with Crippen molar-refractivity contribution in [2.75, 3.05) is 51.9 Å². The predicted octanol–water partition coefficient (Wildman–Crippen LogP) is 6.90. The molecule has 310 valence electrons. The maximum absolute atomic E-state index is 13.4. The van der Waals surface area contributed by atoms with E-state index in [4.69, 9.17) is 25.8 Å². The van der Waals surface area contributed by atoms with Crippen LogP contribution in [0.5, 0.6) is 5.75 Å². The summed E-state index contributed by atoms with van der Waals surface area (Å²) in [5, 5.41) is 5.99. The van der Waals surface area contributed by atoms with Gasteiger partial charge >= 0.3 is 12.1 Å². The average molecular weight is 859 g/mol. The largest absolute Gasteiger partial charge is 0.495 e. The highest BCUT2D eigenvalue weighted by Gasteiger charge is 2.37. The molecule has 0 radical (unpaired) electrons. The number of ether oxygens (including phenoxy) is 3. The van der Waals surface area contributed by atoms with Crippen molar-refractivity contribution in [3.05, 3.63) is 61.9 Å². The van der Waals surface area contributed by atoms with Crippen LogP contribution in [0.25, 0.3) is 20.4 Å². The number of halogens is 1. The van der Waals surface area contributed by atoms with Gasteiger partial charge in [-0.3, -0.25) is 4.99 Å². The van der Waals surface area contributed by atoms with Crippen LogP contribution in [-0.4, -0.2) is 129 Å². The van der Waals surface area contributed by atoms with Crippen LogP contribution in [0, 0.1) is 0 Å². The lowest BCUT2D eigenvalue weighted by Gasteiger charge is -2.42. The zero-order valence-electron chi connectivity index (χ0n) is 33.7. The molecule has 2 saturated heterocycles. The maximum atomic E-state index is 13.4. The average Bonchev–Trinajstić information content (AvgIpc) is 3.95. The van der Waals surface area contributed by atoms with Gasteiger partial charge in [-0.25, -0.2) is 29.5 Å². The van der Waals surface area contributed by atoms with Gasteiger partial charge in [-0.1, -0.05) is 11.6 Å². The number of hydrogen-bond donors (Lipinski definition) is 1. The number of morpholine rings is 2. The van der Waals surface area contributed by atoms with Gasteiger partial charge in [0.1, 0.15) is 39.0 Å². The summed E-state index contributed by atoms with van der Waals surface area (Å²) in [7, 11) is 1.67. The van der Waals surface area contributed by atoms with Crippen LogP contribution in [-0.2, 0) is 41.9 Å². The Morgan fingerprint density at radius 1 is 0.780 bits per heavy atom. The minimum Gasteiger partial charge on any atom is -0.495 e. The third-order valence-electron chi connectivity index (χ3n) is 11.8. The van der Waals surface area contributed by atoms with E-state index in [9.17, 15) is 9.59 Å². The van der Waals surface area contributed by atoms with Gasteiger partial charge in [0.15, 0.2) is 0 Å². The number of methoxy groups -OCH3 is 1. The second-order valence-electron chi connectivity index (χ2n) is 15.8. The molecule has 4 atom stereocenters. The van der Waals surface area contributed by atoms with Crippen molar-refractivity contribution in [3.63, 3.8) is 0 Å². The third kappa shape index (κ3) is 7.45. The van der Waals surface area contributed by atoms with Crippen molar-refractivity contribution in [2.24, 2.45) is 4.99 Å². The van der Waals surface area contributed by atoms with Gasteiger partial charge in [-0.05, 0) is 74.9 Å². The van der Waals surface area contributed by atoms with Gasteiger partial charge in [-0.2, -0.15) is 0 Å². The zero-order valence-corrected chi connectivity index (χ0v) is 36.1. The molecule has 0 aliphatic carbocycles. The van der Waals surface area contributed by atoms with Crippen molar-refractivity contribution in [2.45, 2.75) is 84.3 Å². The van der Waals surface area contributed by atoms with Crippen LogP contribution < -0.4 is 10.1 Å². The number of benzene rings is 1. The van der Waals surface area contributed by atoms with Crippen molar-refractivity contribution >= 4 is 84.5 Å². The summed E-state index contributed by atoms with van der Waals surface area (Å²) in [6.45, 7) is 13.8. The molecule has 4 aromatic heterocycles. The Labute approximate surface area is 355 Å². The molecular weight excluding hydrogens is 812 g/mol. The molecule has 18 heteroatoms. The highest BCUT2D eigenvalue weighted by Crippen LogP contribution is 2.41. The molecule has 2 fully saturated rings. The van der Waals surface area contributed by atoms with Gasteiger partial charge in [0, 0.05) is 29.1 Å². The first-order valence-electron chi connectivity index (χ1n) is 20.0. The Bertz CT molecular complexity index is 2440. The van der Waals surface area contributed by atoms with Crippen LogP contribution in [0.2, 0.25) is 5.15 Å². The molecule has 5 aliphatic heterocycles. The van der Waals surface area contributed by atoms with Crippen molar-refractivity contribution in [3.8, 4) is 5.75 Å². The van der Waals surface area contributed by atoms with E-state index in [0.29, 0.717) is 64.3 Å². The fourth-order valence-electron chi connectivity index (χ4n) is 8.86. The summed E-state index contributed by atoms with van der Waals surface area (Å²) in [6, 6.07) is 4.62. The van der Waals surface area contributed by atoms with Gasteiger partial charge < -0.3 is 39.1 Å². The molecule has 5 aliphatic rings. The van der Waals surface area contributed by atoms with Crippen LogP contribution in [0.1, 0.15) is 59.7 Å². The molecule has 0 saturated carbocycles. The number of nitrogens with zero attached hydrogens (tertiary/aromatic N) is 9. The standard InChI is InChI=1S/C25H28N6O3S.C16H19ClN4O2S/c1-14-11-34-12-15(2)31(14)25(32)30-5-4-18-21(10-30)35-24-22(18)23(27-13-28-24)29-19-6-16-8-26-9-17(16)7-20(19)33-3;1-9-6-23-7-10(2)21(9)16(22)20-4-3-11-12(5-20)24-15-13(11)14(17)18-8-19-15/h6-8,13-15H,4-5,9-12H2,1-3H3,(H,27,28,29);8-10H,3-7H2,1-2H3/t14-,15-;9-,10-/m11/s1. The lowest BCUT2D eigenvalue weighted by atomic mass is 10.0. The van der Waals surface area contributed by atoms with Crippen LogP contribution in [0.3, 0.4) is 0 Å². The first-order chi connectivity index (χ1) is 28.6. The molecule has 15 nitrogen and oxygen atoms in total. The Kier molecular flexibility index (Phi) is 11.1. The van der Waals surface area contributed by atoms with E-state index < -0.39 is 0 Å². The minimum absolute atomic E-state index is 0.0732. The topological polar surface area (TPSA) is 151 Å². The van der Waals surface area contributed by atoms with E-state index in [2.05, 4.69) is 50.2 Å². The number of fused-ring (bicyclic) bond motifs is 7. The zero-order chi connectivity index (χ0) is 40.9. The van der Waals surface area contributed by atoms with Gasteiger partial charge in [-0.15, -0.1) is 22.7 Å². The Morgan fingerprint density at radius 2 is 1.32 bits per heavy atom. The smallest absolute Gasteiger partial charge is 0.320 e. The number of aromatic nitrogens is 4. The molecular formula is C41H47ClN10O5S2. The molecule has 4 amide bonds. The Balaban J connectivity index is 0.000000163. The number of carbonyl (C=O) groups is 2. The van der Waals surface area contributed by atoms with E-state index in [-0.39, 0.29) is 36.2 Å². The predicted molar refractivity (Wildman–Crippen MR) is 230 cm³/mol. The SMILES string of the molecule is COc1cc2c(cc1Nc1ncnc3sc4c(c13)CCN(C(=O)N1[C@H](C)COC[C@H]1C)C4)C=NC2.C[C@@H]1COC[C@@H](C)N1C(=O)N1CCc2c(sc3ncnc(Cl)c23)C1. The summed E-state index contributed by atoms with van der Waals surface area (Å²) >= 11 is 9.50. The van der Waals surface area contributed by atoms with E-state index in [1.807, 2.05) is 45.7 Å². The molecule has 1 aromatic carbocycles. The number of nitrogens with one attached hydrogen (secondary N) is 1. The number of carbonyl (C=O) groups excluding carboxylic acids is 2. The highest BCUT2D eigenvalue weighted by molar-refractivity contribution is 7.19. The summed E-state index contributed by atoms with van der Waals surface area (Å²) < 4.78 is 16.8. The number of hydrogen-bond acceptors (Lipinski definition) is 13. The summed E-state index contributed by atoms with van der Waals surface area (Å²) in [4.78, 5) is 60.3. The number of amides is 4. The quantitative estimate of drug-likeness (QED) is 0.190. The summed E-state index contributed by atoms with van der Waals surface area (Å²) in [5.74, 6) is 1.52. The van der Waals surface area contributed by atoms with Crippen molar-refractivity contribution in [1.82, 2.24) is 39.5 Å². The number of urea groups is 2. The van der Waals surface area contributed by atoms with E-state index in [1.165, 1.54) is 27.2 Å². The van der Waals surface area contributed by atoms with Crippen LogP contribution in [0.15, 0.2) is 29.8 Å². The molecule has 1 N–H and O–H groups in total. The van der Waals surface area contributed by atoms with Crippen molar-refractivity contribution < 1.29 is 23.8 Å². The third-order valence-corrected chi connectivity index (χ3v) is 14.3. The lowest BCUT2D eigenvalue weighted by Crippen LogP contribution is -2.57. The highest BCUT2D eigenvalue weighted by atomic mass is 35.5. The van der Waals surface area contributed by atoms with E-state index in [1.54, 1.807) is 36.1 Å². The molecule has 0 bridgehead atoms. The first-order valence-corrected chi connectivity index (χ1v) is 22.0. The number of anilines is 2. The molecule has 9 heterocycles. The monoisotopic (exact) mass is 858 g/mol. The minimum atomic E-state index is 0.0732. The molecule has 0 spiro atoms. The van der Waals surface area contributed by atoms with Gasteiger partial charge in [0.05, 0.1) is 93.8 Å². The normalized spacial score (nSPS) is 22.5. The lowest BCUT2D eigenvalue weighted by molar-refractivity contribution is -0.0226. The van der Waals surface area contributed by atoms with Crippen LogP contribution in [0.4, 0.5) is 21.1 Å². The second kappa shape index (κ2) is 16.4. The number of rotatable bonds is 3. The summed E-state index contributed by atoms with van der Waals surface area (Å²) in [6.07, 6.45) is 6.54. The number of thiophene rings is 2. The first kappa shape index (κ1) is 39.8.